The third-order valence-electron chi connectivity index (χ3n) is 2.31. The largest absolute Gasteiger partial charge is 0.465 e. The molecule has 0 spiro atoms. The van der Waals surface area contributed by atoms with Crippen molar-refractivity contribution < 1.29 is 9.53 Å². The van der Waals surface area contributed by atoms with E-state index < -0.39 is 0 Å². The van der Waals surface area contributed by atoms with E-state index in [1.807, 2.05) is 30.3 Å². The van der Waals surface area contributed by atoms with Crippen LogP contribution in [-0.4, -0.2) is 18.1 Å². The molecule has 0 N–H and O–H groups in total. The summed E-state index contributed by atoms with van der Waals surface area (Å²) < 4.78 is 5.43. The maximum absolute atomic E-state index is 11.6. The van der Waals surface area contributed by atoms with Gasteiger partial charge in [0, 0.05) is 5.56 Å². The summed E-state index contributed by atoms with van der Waals surface area (Å²) in [6, 6.07) is 12.9. The molecule has 1 heterocycles. The molecule has 0 fully saturated rings. The average molecular weight is 292 g/mol. The second-order valence-corrected chi connectivity index (χ2v) is 4.20. The second kappa shape index (κ2) is 5.10. The fraction of sp³-hybridized carbons (Fsp3) is 0.0769. The number of aromatic nitrogens is 1. The minimum atomic E-state index is -0.385. The molecule has 0 radical (unpaired) electrons. The lowest BCUT2D eigenvalue weighted by molar-refractivity contribution is 0.0601. The molecule has 1 aromatic heterocycles. The van der Waals surface area contributed by atoms with E-state index >= 15 is 0 Å². The number of methoxy groups -OCH3 is 1. The number of carbonyl (C=O) groups excluding carboxylic acids is 1. The van der Waals surface area contributed by atoms with Gasteiger partial charge in [0.15, 0.2) is 0 Å². The highest BCUT2D eigenvalue weighted by Gasteiger charge is 2.14. The third-order valence-corrected chi connectivity index (χ3v) is 2.76. The van der Waals surface area contributed by atoms with Crippen molar-refractivity contribution in [3.05, 3.63) is 52.6 Å². The predicted octanol–water partition coefficient (Wildman–Crippen LogP) is 3.30. The number of hydrogen-bond donors (Lipinski definition) is 0. The van der Waals surface area contributed by atoms with Crippen LogP contribution in [0.4, 0.5) is 0 Å². The van der Waals surface area contributed by atoms with Gasteiger partial charge in [0.2, 0.25) is 0 Å². The first-order valence-electron chi connectivity index (χ1n) is 5.02. The molecule has 2 rings (SSSR count). The van der Waals surface area contributed by atoms with E-state index in [0.717, 1.165) is 5.56 Å². The molecule has 0 saturated heterocycles. The van der Waals surface area contributed by atoms with Crippen LogP contribution in [0.15, 0.2) is 47.1 Å². The standard InChI is InChI=1S/C13H10BrNO2/c1-17-13(16)10-7-8-11(14)15-12(10)9-5-3-2-4-6-9/h2-8H,1H3. The van der Waals surface area contributed by atoms with E-state index in [2.05, 4.69) is 20.9 Å². The number of ether oxygens (including phenoxy) is 1. The summed E-state index contributed by atoms with van der Waals surface area (Å²) in [7, 11) is 1.36. The summed E-state index contributed by atoms with van der Waals surface area (Å²) >= 11 is 3.30. The van der Waals surface area contributed by atoms with Crippen molar-refractivity contribution in [1.82, 2.24) is 4.98 Å². The van der Waals surface area contributed by atoms with Gasteiger partial charge in [-0.3, -0.25) is 0 Å². The number of carbonyl (C=O) groups is 1. The van der Waals surface area contributed by atoms with Crippen molar-refractivity contribution in [2.24, 2.45) is 0 Å². The van der Waals surface area contributed by atoms with Gasteiger partial charge >= 0.3 is 5.97 Å². The van der Waals surface area contributed by atoms with Crippen LogP contribution in [-0.2, 0) is 4.74 Å². The molecule has 0 aliphatic carbocycles. The third kappa shape index (κ3) is 2.53. The molecule has 3 nitrogen and oxygen atoms in total. The summed E-state index contributed by atoms with van der Waals surface area (Å²) in [4.78, 5) is 16.0. The zero-order chi connectivity index (χ0) is 12.3. The SMILES string of the molecule is COC(=O)c1ccc(Br)nc1-c1ccccc1. The highest BCUT2D eigenvalue weighted by molar-refractivity contribution is 9.10. The topological polar surface area (TPSA) is 39.2 Å². The molecule has 0 unspecified atom stereocenters. The van der Waals surface area contributed by atoms with Gasteiger partial charge in [0.25, 0.3) is 0 Å². The number of benzene rings is 1. The summed E-state index contributed by atoms with van der Waals surface area (Å²) in [5, 5.41) is 0. The Morgan fingerprint density at radius 2 is 1.88 bits per heavy atom. The molecule has 0 aliphatic rings. The molecular weight excluding hydrogens is 282 g/mol. The Kier molecular flexibility index (Phi) is 3.54. The van der Waals surface area contributed by atoms with Gasteiger partial charge in [0.05, 0.1) is 18.4 Å². The van der Waals surface area contributed by atoms with Crippen LogP contribution < -0.4 is 0 Å². The first-order valence-corrected chi connectivity index (χ1v) is 5.82. The normalized spacial score (nSPS) is 10.0. The molecule has 0 aliphatic heterocycles. The smallest absolute Gasteiger partial charge is 0.340 e. The Bertz CT molecular complexity index is 540. The van der Waals surface area contributed by atoms with E-state index in [1.54, 1.807) is 12.1 Å². The Labute approximate surface area is 108 Å². The number of hydrogen-bond acceptors (Lipinski definition) is 3. The van der Waals surface area contributed by atoms with Crippen LogP contribution in [0.1, 0.15) is 10.4 Å². The van der Waals surface area contributed by atoms with Crippen molar-refractivity contribution in [3.8, 4) is 11.3 Å². The second-order valence-electron chi connectivity index (χ2n) is 3.39. The summed E-state index contributed by atoms with van der Waals surface area (Å²) in [5.41, 5.74) is 1.96. The lowest BCUT2D eigenvalue weighted by Crippen LogP contribution is -2.05. The quantitative estimate of drug-likeness (QED) is 0.629. The first-order chi connectivity index (χ1) is 8.22. The molecule has 0 bridgehead atoms. The molecule has 86 valence electrons. The van der Waals surface area contributed by atoms with Crippen LogP contribution in [0, 0.1) is 0 Å². The van der Waals surface area contributed by atoms with Crippen molar-refractivity contribution in [2.75, 3.05) is 7.11 Å². The Morgan fingerprint density at radius 1 is 1.18 bits per heavy atom. The molecule has 1 aromatic carbocycles. The molecule has 0 amide bonds. The van der Waals surface area contributed by atoms with E-state index in [9.17, 15) is 4.79 Å². The van der Waals surface area contributed by atoms with Crippen molar-refractivity contribution in [1.29, 1.82) is 0 Å². The van der Waals surface area contributed by atoms with E-state index in [-0.39, 0.29) is 5.97 Å². The maximum Gasteiger partial charge on any atom is 0.340 e. The Hall–Kier alpha value is -1.68. The molecule has 17 heavy (non-hydrogen) atoms. The van der Waals surface area contributed by atoms with E-state index in [1.165, 1.54) is 7.11 Å². The van der Waals surface area contributed by atoms with Gasteiger partial charge in [-0.05, 0) is 28.1 Å². The summed E-state index contributed by atoms with van der Waals surface area (Å²) in [6.45, 7) is 0. The van der Waals surface area contributed by atoms with E-state index in [0.29, 0.717) is 15.9 Å². The van der Waals surface area contributed by atoms with Crippen molar-refractivity contribution in [2.45, 2.75) is 0 Å². The molecule has 2 aromatic rings. The zero-order valence-electron chi connectivity index (χ0n) is 9.18. The van der Waals surface area contributed by atoms with E-state index in [4.69, 9.17) is 4.74 Å². The summed E-state index contributed by atoms with van der Waals surface area (Å²) in [5.74, 6) is -0.385. The van der Waals surface area contributed by atoms with Gasteiger partial charge in [-0.2, -0.15) is 0 Å². The van der Waals surface area contributed by atoms with Crippen LogP contribution in [0.3, 0.4) is 0 Å². The van der Waals surface area contributed by atoms with Gasteiger partial charge < -0.3 is 4.74 Å². The molecule has 0 atom stereocenters. The number of rotatable bonds is 2. The van der Waals surface area contributed by atoms with Gasteiger partial charge in [-0.1, -0.05) is 30.3 Å². The van der Waals surface area contributed by atoms with Gasteiger partial charge in [-0.25, -0.2) is 9.78 Å². The van der Waals surface area contributed by atoms with Crippen molar-refractivity contribution in [3.63, 3.8) is 0 Å². The highest BCUT2D eigenvalue weighted by atomic mass is 79.9. The predicted molar refractivity (Wildman–Crippen MR) is 68.7 cm³/mol. The van der Waals surface area contributed by atoms with Gasteiger partial charge in [0.1, 0.15) is 4.60 Å². The Morgan fingerprint density at radius 3 is 2.53 bits per heavy atom. The fourth-order valence-corrected chi connectivity index (χ4v) is 1.84. The monoisotopic (exact) mass is 291 g/mol. The maximum atomic E-state index is 11.6. The molecular formula is C13H10BrNO2. The highest BCUT2D eigenvalue weighted by Crippen LogP contribution is 2.24. The Balaban J connectivity index is 2.59. The lowest BCUT2D eigenvalue weighted by Gasteiger charge is -2.07. The minimum Gasteiger partial charge on any atom is -0.465 e. The lowest BCUT2D eigenvalue weighted by atomic mass is 10.1. The van der Waals surface area contributed by atoms with Crippen LogP contribution in [0.2, 0.25) is 0 Å². The number of halogens is 1. The number of esters is 1. The van der Waals surface area contributed by atoms with Crippen LogP contribution in [0.25, 0.3) is 11.3 Å². The van der Waals surface area contributed by atoms with Gasteiger partial charge in [-0.15, -0.1) is 0 Å². The average Bonchev–Trinajstić information content (AvgIpc) is 2.39. The zero-order valence-corrected chi connectivity index (χ0v) is 10.8. The first kappa shape index (κ1) is 11.8. The number of pyridine rings is 1. The molecule has 4 heteroatoms. The minimum absolute atomic E-state index is 0.385. The number of nitrogens with zero attached hydrogens (tertiary/aromatic N) is 1. The summed E-state index contributed by atoms with van der Waals surface area (Å²) in [6.07, 6.45) is 0. The molecule has 0 saturated carbocycles. The van der Waals surface area contributed by atoms with Crippen LogP contribution >= 0.6 is 15.9 Å². The van der Waals surface area contributed by atoms with Crippen LogP contribution in [0.5, 0.6) is 0 Å². The fourth-order valence-electron chi connectivity index (χ4n) is 1.53. The van der Waals surface area contributed by atoms with Crippen molar-refractivity contribution >= 4 is 21.9 Å².